The zero-order chi connectivity index (χ0) is 20.7. The summed E-state index contributed by atoms with van der Waals surface area (Å²) in [6.07, 6.45) is 0. The lowest BCUT2D eigenvalue weighted by Gasteiger charge is -2.25. The van der Waals surface area contributed by atoms with Crippen LogP contribution in [0.5, 0.6) is 0 Å². The number of nitrogens with zero attached hydrogens (tertiary/aromatic N) is 1. The van der Waals surface area contributed by atoms with Gasteiger partial charge in [-0.3, -0.25) is 9.59 Å². The van der Waals surface area contributed by atoms with Crippen LogP contribution < -0.4 is 0 Å². The summed E-state index contributed by atoms with van der Waals surface area (Å²) in [4.78, 5) is 28.7. The number of carbonyl (C=O) groups is 2. The van der Waals surface area contributed by atoms with Crippen LogP contribution >= 0.6 is 11.3 Å². The van der Waals surface area contributed by atoms with E-state index in [0.29, 0.717) is 5.58 Å². The van der Waals surface area contributed by atoms with Crippen molar-refractivity contribution in [2.45, 2.75) is 12.6 Å². The fourth-order valence-corrected chi connectivity index (χ4v) is 4.64. The van der Waals surface area contributed by atoms with E-state index in [2.05, 4.69) is 0 Å². The van der Waals surface area contributed by atoms with Crippen LogP contribution in [-0.2, 0) is 11.3 Å². The number of carbonyl (C=O) groups excluding carboxylic acids is 2. The molecule has 2 aromatic heterocycles. The predicted molar refractivity (Wildman–Crippen MR) is 114 cm³/mol. The summed E-state index contributed by atoms with van der Waals surface area (Å²) >= 11 is 1.44. The molecule has 1 N–H and O–H groups in total. The van der Waals surface area contributed by atoms with E-state index in [1.54, 1.807) is 12.1 Å². The highest BCUT2D eigenvalue weighted by Crippen LogP contribution is 2.42. The zero-order valence-electron chi connectivity index (χ0n) is 15.8. The Bertz CT molecular complexity index is 1240. The molecule has 0 bridgehead atoms. The summed E-state index contributed by atoms with van der Waals surface area (Å²) in [6, 6.07) is 21.5. The van der Waals surface area contributed by atoms with Crippen LogP contribution in [0.2, 0.25) is 0 Å². The summed E-state index contributed by atoms with van der Waals surface area (Å²) in [5.41, 5.74) is 1.55. The van der Waals surface area contributed by atoms with Gasteiger partial charge in [0.1, 0.15) is 11.6 Å². The molecule has 1 amide bonds. The van der Waals surface area contributed by atoms with E-state index >= 15 is 0 Å². The van der Waals surface area contributed by atoms with Crippen molar-refractivity contribution >= 4 is 34.0 Å². The van der Waals surface area contributed by atoms with Crippen LogP contribution in [0.25, 0.3) is 11.0 Å². The fraction of sp³-hybridized carbons (Fsp3) is 0.0833. The third-order valence-electron chi connectivity index (χ3n) is 5.21. The number of thiophene rings is 1. The smallest absolute Gasteiger partial charge is 0.290 e. The number of amides is 1. The van der Waals surface area contributed by atoms with Crippen LogP contribution in [-0.4, -0.2) is 21.7 Å². The number of rotatable bonds is 5. The second-order valence-electron chi connectivity index (χ2n) is 7.08. The maximum atomic E-state index is 13.4. The molecule has 6 heteroatoms. The van der Waals surface area contributed by atoms with Crippen LogP contribution in [0.4, 0.5) is 0 Å². The SMILES string of the molecule is O=C(C1=C(O)C(=O)N(Cc2ccccc2)C1c1cccs1)c1cc2ccccc2o1. The first-order chi connectivity index (χ1) is 14.6. The first-order valence-electron chi connectivity index (χ1n) is 9.48. The van der Waals surface area contributed by atoms with Gasteiger partial charge in [-0.25, -0.2) is 0 Å². The molecule has 4 aromatic rings. The molecule has 148 valence electrons. The highest BCUT2D eigenvalue weighted by atomic mass is 32.1. The van der Waals surface area contributed by atoms with Crippen molar-refractivity contribution in [3.8, 4) is 0 Å². The maximum Gasteiger partial charge on any atom is 0.290 e. The van der Waals surface area contributed by atoms with Crippen molar-refractivity contribution in [1.82, 2.24) is 4.90 Å². The Balaban J connectivity index is 1.58. The highest BCUT2D eigenvalue weighted by molar-refractivity contribution is 7.10. The third kappa shape index (κ3) is 3.02. The molecule has 1 atom stereocenters. The molecular weight excluding hydrogens is 398 g/mol. The lowest BCUT2D eigenvalue weighted by Crippen LogP contribution is -2.30. The van der Waals surface area contributed by atoms with Crippen molar-refractivity contribution in [2.24, 2.45) is 0 Å². The average molecular weight is 415 g/mol. The number of hydrogen-bond acceptors (Lipinski definition) is 5. The van der Waals surface area contributed by atoms with Crippen LogP contribution in [0.3, 0.4) is 0 Å². The fourth-order valence-electron chi connectivity index (χ4n) is 3.80. The largest absolute Gasteiger partial charge is 0.503 e. The Labute approximate surface area is 176 Å². The molecule has 5 nitrogen and oxygen atoms in total. The van der Waals surface area contributed by atoms with Gasteiger partial charge in [0.25, 0.3) is 5.91 Å². The van der Waals surface area contributed by atoms with E-state index in [0.717, 1.165) is 15.8 Å². The van der Waals surface area contributed by atoms with Crippen molar-refractivity contribution in [3.05, 3.63) is 106 Å². The molecule has 0 radical (unpaired) electrons. The number of furan rings is 1. The number of para-hydroxylation sites is 1. The van der Waals surface area contributed by atoms with Gasteiger partial charge in [0, 0.05) is 16.8 Å². The monoisotopic (exact) mass is 415 g/mol. The molecule has 0 saturated carbocycles. The maximum absolute atomic E-state index is 13.4. The minimum atomic E-state index is -0.668. The molecule has 0 saturated heterocycles. The Morgan fingerprint density at radius 1 is 1.03 bits per heavy atom. The summed E-state index contributed by atoms with van der Waals surface area (Å²) in [7, 11) is 0. The van der Waals surface area contributed by atoms with Gasteiger partial charge in [-0.15, -0.1) is 11.3 Å². The first-order valence-corrected chi connectivity index (χ1v) is 10.4. The number of aliphatic hydroxyl groups is 1. The van der Waals surface area contributed by atoms with E-state index in [-0.39, 0.29) is 17.9 Å². The van der Waals surface area contributed by atoms with Gasteiger partial charge in [0.2, 0.25) is 5.78 Å². The summed E-state index contributed by atoms with van der Waals surface area (Å²) in [5.74, 6) is -1.45. The molecule has 5 rings (SSSR count). The number of aliphatic hydroxyl groups excluding tert-OH is 1. The number of hydrogen-bond donors (Lipinski definition) is 1. The Hall–Kier alpha value is -3.64. The Morgan fingerprint density at radius 3 is 2.53 bits per heavy atom. The van der Waals surface area contributed by atoms with Crippen molar-refractivity contribution in [1.29, 1.82) is 0 Å². The molecule has 0 spiro atoms. The normalized spacial score (nSPS) is 16.6. The number of Topliss-reactive ketones (excluding diaryl/α,β-unsaturated/α-hetero) is 1. The van der Waals surface area contributed by atoms with E-state index in [4.69, 9.17) is 4.42 Å². The van der Waals surface area contributed by atoms with Crippen molar-refractivity contribution < 1.29 is 19.1 Å². The van der Waals surface area contributed by atoms with E-state index in [9.17, 15) is 14.7 Å². The minimum absolute atomic E-state index is 0.0532. The van der Waals surface area contributed by atoms with E-state index in [1.165, 1.54) is 16.2 Å². The van der Waals surface area contributed by atoms with Gasteiger partial charge in [0.05, 0.1) is 5.57 Å². The summed E-state index contributed by atoms with van der Waals surface area (Å²) in [5, 5.41) is 13.4. The molecule has 1 unspecified atom stereocenters. The lowest BCUT2D eigenvalue weighted by atomic mass is 10.00. The molecule has 2 aromatic carbocycles. The number of ketones is 1. The van der Waals surface area contributed by atoms with Crippen LogP contribution in [0, 0.1) is 0 Å². The molecule has 1 aliphatic heterocycles. The van der Waals surface area contributed by atoms with E-state index in [1.807, 2.05) is 66.0 Å². The Morgan fingerprint density at radius 2 is 1.80 bits per heavy atom. The minimum Gasteiger partial charge on any atom is -0.503 e. The van der Waals surface area contributed by atoms with Gasteiger partial charge >= 0.3 is 0 Å². The summed E-state index contributed by atoms with van der Waals surface area (Å²) in [6.45, 7) is 0.281. The molecule has 30 heavy (non-hydrogen) atoms. The van der Waals surface area contributed by atoms with Gasteiger partial charge in [-0.05, 0) is 29.1 Å². The van der Waals surface area contributed by atoms with Crippen LogP contribution in [0.1, 0.15) is 27.0 Å². The van der Waals surface area contributed by atoms with Gasteiger partial charge in [-0.1, -0.05) is 54.6 Å². The number of benzene rings is 2. The lowest BCUT2D eigenvalue weighted by molar-refractivity contribution is -0.130. The topological polar surface area (TPSA) is 70.8 Å². The second-order valence-corrected chi connectivity index (χ2v) is 8.06. The predicted octanol–water partition coefficient (Wildman–Crippen LogP) is 5.27. The third-order valence-corrected chi connectivity index (χ3v) is 6.13. The van der Waals surface area contributed by atoms with Gasteiger partial charge < -0.3 is 14.4 Å². The van der Waals surface area contributed by atoms with E-state index < -0.39 is 23.5 Å². The molecule has 3 heterocycles. The Kier molecular flexibility index (Phi) is 4.48. The quantitative estimate of drug-likeness (QED) is 0.451. The molecule has 0 aliphatic carbocycles. The second kappa shape index (κ2) is 7.31. The zero-order valence-corrected chi connectivity index (χ0v) is 16.6. The highest BCUT2D eigenvalue weighted by Gasteiger charge is 2.45. The standard InChI is InChI=1S/C24H17NO4S/c26-22(18-13-16-9-4-5-10-17(16)29-18)20-21(19-11-6-12-30-19)25(24(28)23(20)27)14-15-7-2-1-3-8-15/h1-13,21,27H,14H2. The van der Waals surface area contributed by atoms with Crippen molar-refractivity contribution in [2.75, 3.05) is 0 Å². The molecule has 0 fully saturated rings. The van der Waals surface area contributed by atoms with Gasteiger partial charge in [-0.2, -0.15) is 0 Å². The molecule has 1 aliphatic rings. The number of fused-ring (bicyclic) bond motifs is 1. The van der Waals surface area contributed by atoms with Crippen molar-refractivity contribution in [3.63, 3.8) is 0 Å². The molecular formula is C24H17NO4S. The average Bonchev–Trinajstić information content (AvgIpc) is 3.49. The van der Waals surface area contributed by atoms with Gasteiger partial charge in [0.15, 0.2) is 11.5 Å². The van der Waals surface area contributed by atoms with Crippen LogP contribution in [0.15, 0.2) is 93.9 Å². The first kappa shape index (κ1) is 18.4. The summed E-state index contributed by atoms with van der Waals surface area (Å²) < 4.78 is 5.72.